The number of carbonyl (C=O) groups is 1. The minimum atomic E-state index is -0.594. The summed E-state index contributed by atoms with van der Waals surface area (Å²) in [4.78, 5) is 12.0. The third kappa shape index (κ3) is 2.88. The summed E-state index contributed by atoms with van der Waals surface area (Å²) in [6.07, 6.45) is 1.40. The summed E-state index contributed by atoms with van der Waals surface area (Å²) in [5, 5.41) is 8.68. The Bertz CT molecular complexity index is 658. The Morgan fingerprint density at radius 1 is 1.53 bits per heavy atom. The highest BCUT2D eigenvalue weighted by molar-refractivity contribution is 7.80. The van der Waals surface area contributed by atoms with Gasteiger partial charge in [-0.3, -0.25) is 9.89 Å². The number of rotatable bonds is 3. The summed E-state index contributed by atoms with van der Waals surface area (Å²) in [5.74, 6) is -0.801. The third-order valence-corrected chi connectivity index (χ3v) is 2.83. The van der Waals surface area contributed by atoms with Crippen LogP contribution in [0.2, 0.25) is 5.02 Å². The van der Waals surface area contributed by atoms with Gasteiger partial charge in [-0.05, 0) is 18.2 Å². The topological polar surface area (TPSA) is 83.8 Å². The average Bonchev–Trinajstić information content (AvgIpc) is 2.80. The molecule has 19 heavy (non-hydrogen) atoms. The van der Waals surface area contributed by atoms with Crippen LogP contribution in [0.3, 0.4) is 0 Å². The predicted molar refractivity (Wildman–Crippen MR) is 73.8 cm³/mol. The molecular weight excluding hydrogens is 291 g/mol. The molecule has 0 unspecified atom stereocenters. The molecule has 0 spiro atoms. The summed E-state index contributed by atoms with van der Waals surface area (Å²) >= 11 is 10.4. The Balaban J connectivity index is 2.23. The zero-order valence-corrected chi connectivity index (χ0v) is 11.0. The second-order valence-electron chi connectivity index (χ2n) is 3.61. The van der Waals surface area contributed by atoms with Crippen LogP contribution >= 0.6 is 23.8 Å². The molecule has 1 aromatic carbocycles. The number of aromatic amines is 1. The number of H-pyrrole nitrogens is 1. The number of nitrogens with two attached hydrogens (primary N) is 1. The van der Waals surface area contributed by atoms with Crippen molar-refractivity contribution in [3.8, 4) is 0 Å². The number of anilines is 1. The average molecular weight is 299 g/mol. The number of halogens is 2. The molecule has 0 aliphatic rings. The minimum absolute atomic E-state index is 0.0983. The Morgan fingerprint density at radius 2 is 2.26 bits per heavy atom. The molecule has 1 amide bonds. The van der Waals surface area contributed by atoms with Gasteiger partial charge in [0.2, 0.25) is 0 Å². The van der Waals surface area contributed by atoms with Gasteiger partial charge in [-0.15, -0.1) is 0 Å². The summed E-state index contributed by atoms with van der Waals surface area (Å²) in [6.45, 7) is 0. The number of nitrogens with one attached hydrogen (secondary N) is 2. The van der Waals surface area contributed by atoms with Crippen molar-refractivity contribution in [2.45, 2.75) is 0 Å². The standard InChI is InChI=1S/C11H8ClFN4OS/c12-7-3-5(1-2-8(7)13)11(18)16-10-6(9(14)19)4-15-17-10/h1-4H,(H2,14,19)(H2,15,16,17,18). The van der Waals surface area contributed by atoms with Crippen molar-refractivity contribution in [1.82, 2.24) is 10.2 Å². The third-order valence-electron chi connectivity index (χ3n) is 2.33. The summed E-state index contributed by atoms with van der Waals surface area (Å²) in [5.41, 5.74) is 6.08. The second-order valence-corrected chi connectivity index (χ2v) is 4.45. The SMILES string of the molecule is NC(=S)c1cn[nH]c1NC(=O)c1ccc(F)c(Cl)c1. The monoisotopic (exact) mass is 298 g/mol. The molecule has 1 heterocycles. The fraction of sp³-hybridized carbons (Fsp3) is 0. The van der Waals surface area contributed by atoms with Crippen LogP contribution in [-0.2, 0) is 0 Å². The van der Waals surface area contributed by atoms with Gasteiger partial charge in [0, 0.05) is 5.56 Å². The maximum Gasteiger partial charge on any atom is 0.256 e. The number of hydrogen-bond donors (Lipinski definition) is 3. The molecular formula is C11H8ClFN4OS. The summed E-state index contributed by atoms with van der Waals surface area (Å²) in [7, 11) is 0. The van der Waals surface area contributed by atoms with Crippen molar-refractivity contribution >= 4 is 40.5 Å². The second kappa shape index (κ2) is 5.33. The molecule has 5 nitrogen and oxygen atoms in total. The van der Waals surface area contributed by atoms with Crippen LogP contribution in [0.5, 0.6) is 0 Å². The van der Waals surface area contributed by atoms with Crippen molar-refractivity contribution in [3.63, 3.8) is 0 Å². The fourth-order valence-corrected chi connectivity index (χ4v) is 1.73. The van der Waals surface area contributed by atoms with Gasteiger partial charge >= 0.3 is 0 Å². The number of aromatic nitrogens is 2. The molecule has 8 heteroatoms. The van der Waals surface area contributed by atoms with E-state index in [1.165, 1.54) is 18.3 Å². The lowest BCUT2D eigenvalue weighted by atomic mass is 10.2. The van der Waals surface area contributed by atoms with Gasteiger partial charge in [-0.1, -0.05) is 23.8 Å². The van der Waals surface area contributed by atoms with E-state index in [-0.39, 0.29) is 21.4 Å². The highest BCUT2D eigenvalue weighted by Crippen LogP contribution is 2.18. The highest BCUT2D eigenvalue weighted by Gasteiger charge is 2.13. The molecule has 0 bridgehead atoms. The van der Waals surface area contributed by atoms with Gasteiger partial charge in [0.15, 0.2) is 0 Å². The maximum atomic E-state index is 13.0. The Kier molecular flexibility index (Phi) is 3.77. The van der Waals surface area contributed by atoms with Crippen LogP contribution in [0.4, 0.5) is 10.2 Å². The van der Waals surface area contributed by atoms with E-state index in [1.54, 1.807) is 0 Å². The van der Waals surface area contributed by atoms with Crippen molar-refractivity contribution in [2.24, 2.45) is 5.73 Å². The van der Waals surface area contributed by atoms with E-state index in [9.17, 15) is 9.18 Å². The van der Waals surface area contributed by atoms with E-state index < -0.39 is 11.7 Å². The zero-order valence-electron chi connectivity index (χ0n) is 9.41. The molecule has 0 atom stereocenters. The molecule has 0 aliphatic heterocycles. The molecule has 0 saturated heterocycles. The predicted octanol–water partition coefficient (Wildman–Crippen LogP) is 2.09. The largest absolute Gasteiger partial charge is 0.389 e. The quantitative estimate of drug-likeness (QED) is 0.758. The zero-order chi connectivity index (χ0) is 14.0. The molecule has 4 N–H and O–H groups in total. The van der Waals surface area contributed by atoms with E-state index >= 15 is 0 Å². The van der Waals surface area contributed by atoms with Crippen molar-refractivity contribution in [1.29, 1.82) is 0 Å². The molecule has 2 aromatic rings. The van der Waals surface area contributed by atoms with Crippen LogP contribution in [0.25, 0.3) is 0 Å². The smallest absolute Gasteiger partial charge is 0.256 e. The van der Waals surface area contributed by atoms with Crippen LogP contribution in [0, 0.1) is 5.82 Å². The van der Waals surface area contributed by atoms with E-state index in [4.69, 9.17) is 29.6 Å². The molecule has 0 saturated carbocycles. The Hall–Kier alpha value is -1.99. The van der Waals surface area contributed by atoms with E-state index in [0.717, 1.165) is 6.07 Å². The van der Waals surface area contributed by atoms with Gasteiger partial charge in [-0.2, -0.15) is 5.10 Å². The van der Waals surface area contributed by atoms with Gasteiger partial charge in [0.25, 0.3) is 5.91 Å². The molecule has 0 radical (unpaired) electrons. The van der Waals surface area contributed by atoms with Gasteiger partial charge in [-0.25, -0.2) is 4.39 Å². The summed E-state index contributed by atoms with van der Waals surface area (Å²) in [6, 6.07) is 3.65. The van der Waals surface area contributed by atoms with Crippen molar-refractivity contribution in [3.05, 3.63) is 46.4 Å². The van der Waals surface area contributed by atoms with Crippen LogP contribution in [-0.4, -0.2) is 21.1 Å². The lowest BCUT2D eigenvalue weighted by molar-refractivity contribution is 0.102. The maximum absolute atomic E-state index is 13.0. The Labute approximate surface area is 117 Å². The number of carbonyl (C=O) groups excluding carboxylic acids is 1. The molecule has 0 fully saturated rings. The Morgan fingerprint density at radius 3 is 2.89 bits per heavy atom. The first-order valence-electron chi connectivity index (χ1n) is 5.08. The van der Waals surface area contributed by atoms with Gasteiger partial charge < -0.3 is 11.1 Å². The highest BCUT2D eigenvalue weighted by atomic mass is 35.5. The van der Waals surface area contributed by atoms with Crippen LogP contribution in [0.15, 0.2) is 24.4 Å². The number of benzene rings is 1. The molecule has 2 rings (SSSR count). The van der Waals surface area contributed by atoms with E-state index in [2.05, 4.69) is 15.5 Å². The van der Waals surface area contributed by atoms with Crippen molar-refractivity contribution in [2.75, 3.05) is 5.32 Å². The minimum Gasteiger partial charge on any atom is -0.389 e. The summed E-state index contributed by atoms with van der Waals surface area (Å²) < 4.78 is 13.0. The van der Waals surface area contributed by atoms with E-state index in [0.29, 0.717) is 5.56 Å². The number of amides is 1. The normalized spacial score (nSPS) is 10.2. The number of thiocarbonyl (C=S) groups is 1. The molecule has 0 aliphatic carbocycles. The first-order valence-corrected chi connectivity index (χ1v) is 5.87. The lowest BCUT2D eigenvalue weighted by Gasteiger charge is -2.05. The lowest BCUT2D eigenvalue weighted by Crippen LogP contribution is -2.17. The van der Waals surface area contributed by atoms with Crippen molar-refractivity contribution < 1.29 is 9.18 Å². The van der Waals surface area contributed by atoms with E-state index in [1.807, 2.05) is 0 Å². The van der Waals surface area contributed by atoms with Crippen LogP contribution in [0.1, 0.15) is 15.9 Å². The van der Waals surface area contributed by atoms with Gasteiger partial charge in [0.1, 0.15) is 16.6 Å². The number of hydrogen-bond acceptors (Lipinski definition) is 3. The number of nitrogens with zero attached hydrogens (tertiary/aromatic N) is 1. The first-order chi connectivity index (χ1) is 8.99. The fourth-order valence-electron chi connectivity index (χ4n) is 1.39. The van der Waals surface area contributed by atoms with Gasteiger partial charge in [0.05, 0.1) is 16.8 Å². The molecule has 1 aromatic heterocycles. The first kappa shape index (κ1) is 13.4. The molecule has 98 valence electrons. The van der Waals surface area contributed by atoms with Crippen LogP contribution < -0.4 is 11.1 Å².